The van der Waals surface area contributed by atoms with Gasteiger partial charge in [-0.2, -0.15) is 19.6 Å². The van der Waals surface area contributed by atoms with E-state index in [0.29, 0.717) is 10.9 Å². The minimum absolute atomic E-state index is 0.267. The first-order valence-corrected chi connectivity index (χ1v) is 7.81. The molecule has 1 saturated heterocycles. The van der Waals surface area contributed by atoms with Gasteiger partial charge in [0.15, 0.2) is 0 Å². The van der Waals surface area contributed by atoms with E-state index in [2.05, 4.69) is 26.9 Å². The molecule has 1 aliphatic rings. The van der Waals surface area contributed by atoms with Crippen molar-refractivity contribution < 1.29 is 4.74 Å². The van der Waals surface area contributed by atoms with Crippen molar-refractivity contribution in [2.24, 2.45) is 0 Å². The summed E-state index contributed by atoms with van der Waals surface area (Å²) in [6.45, 7) is 6.75. The summed E-state index contributed by atoms with van der Waals surface area (Å²) in [5.74, 6) is 1.52. The van der Waals surface area contributed by atoms with Gasteiger partial charge in [-0.1, -0.05) is 18.5 Å². The average molecular weight is 310 g/mol. The average Bonchev–Trinajstić information content (AvgIpc) is 2.94. The number of rotatable bonds is 4. The van der Waals surface area contributed by atoms with Gasteiger partial charge in [-0.05, 0) is 26.2 Å². The lowest BCUT2D eigenvalue weighted by molar-refractivity contribution is 0.0438. The molecule has 0 spiro atoms. The first kappa shape index (κ1) is 14.5. The maximum Gasteiger partial charge on any atom is 0.255 e. The van der Waals surface area contributed by atoms with Crippen molar-refractivity contribution in [3.8, 4) is 0 Å². The molecule has 2 aromatic rings. The Kier molecular flexibility index (Phi) is 4.26. The molecule has 3 heterocycles. The van der Waals surface area contributed by atoms with E-state index in [1.54, 1.807) is 4.52 Å². The van der Waals surface area contributed by atoms with E-state index >= 15 is 0 Å². The van der Waals surface area contributed by atoms with Gasteiger partial charge in [-0.25, -0.2) is 0 Å². The van der Waals surface area contributed by atoms with Crippen LogP contribution in [0.1, 0.15) is 31.7 Å². The SMILES string of the molecule is CCCOC1CCCN(c2c(C)c(Cl)nc3ncnn23)C1. The second-order valence-electron chi connectivity index (χ2n) is 5.40. The molecule has 0 bridgehead atoms. The van der Waals surface area contributed by atoms with Gasteiger partial charge in [-0.15, -0.1) is 0 Å². The number of hydrogen-bond donors (Lipinski definition) is 0. The summed E-state index contributed by atoms with van der Waals surface area (Å²) in [4.78, 5) is 10.7. The third-order valence-electron chi connectivity index (χ3n) is 3.81. The number of aromatic nitrogens is 4. The van der Waals surface area contributed by atoms with E-state index < -0.39 is 0 Å². The fourth-order valence-electron chi connectivity index (χ4n) is 2.81. The summed E-state index contributed by atoms with van der Waals surface area (Å²) in [7, 11) is 0. The molecule has 1 aliphatic heterocycles. The molecule has 0 saturated carbocycles. The third-order valence-corrected chi connectivity index (χ3v) is 4.18. The Morgan fingerprint density at radius 1 is 1.48 bits per heavy atom. The van der Waals surface area contributed by atoms with Gasteiger partial charge in [-0.3, -0.25) is 0 Å². The summed E-state index contributed by atoms with van der Waals surface area (Å²) in [6.07, 6.45) is 5.03. The zero-order valence-corrected chi connectivity index (χ0v) is 13.2. The molecule has 0 N–H and O–H groups in total. The van der Waals surface area contributed by atoms with Crippen molar-refractivity contribution in [1.82, 2.24) is 19.6 Å². The lowest BCUT2D eigenvalue weighted by atomic mass is 10.1. The maximum atomic E-state index is 6.24. The number of nitrogens with zero attached hydrogens (tertiary/aromatic N) is 5. The first-order chi connectivity index (χ1) is 10.2. The summed E-state index contributed by atoms with van der Waals surface area (Å²) in [6, 6.07) is 0. The fourth-order valence-corrected chi connectivity index (χ4v) is 2.97. The minimum atomic E-state index is 0.267. The lowest BCUT2D eigenvalue weighted by Gasteiger charge is -2.34. The normalized spacial score (nSPS) is 19.4. The molecule has 0 aromatic carbocycles. The first-order valence-electron chi connectivity index (χ1n) is 7.43. The van der Waals surface area contributed by atoms with Crippen LogP contribution in [0.3, 0.4) is 0 Å². The molecule has 114 valence electrons. The predicted molar refractivity (Wildman–Crippen MR) is 82.0 cm³/mol. The molecule has 7 heteroatoms. The maximum absolute atomic E-state index is 6.24. The Hall–Kier alpha value is -1.40. The van der Waals surface area contributed by atoms with Crippen LogP contribution in [0.25, 0.3) is 5.78 Å². The minimum Gasteiger partial charge on any atom is -0.376 e. The molecule has 1 unspecified atom stereocenters. The van der Waals surface area contributed by atoms with E-state index in [9.17, 15) is 0 Å². The van der Waals surface area contributed by atoms with Crippen LogP contribution in [0.5, 0.6) is 0 Å². The molecule has 3 rings (SSSR count). The third kappa shape index (κ3) is 2.82. The van der Waals surface area contributed by atoms with Crippen molar-refractivity contribution >= 4 is 23.2 Å². The topological polar surface area (TPSA) is 55.5 Å². The molecule has 0 amide bonds. The van der Waals surface area contributed by atoms with Gasteiger partial charge in [0, 0.05) is 25.3 Å². The van der Waals surface area contributed by atoms with Crippen LogP contribution >= 0.6 is 11.6 Å². The van der Waals surface area contributed by atoms with Gasteiger partial charge >= 0.3 is 0 Å². The molecule has 21 heavy (non-hydrogen) atoms. The highest BCUT2D eigenvalue weighted by atomic mass is 35.5. The van der Waals surface area contributed by atoms with Crippen LogP contribution in [0, 0.1) is 6.92 Å². The highest BCUT2D eigenvalue weighted by Gasteiger charge is 2.25. The second-order valence-corrected chi connectivity index (χ2v) is 5.76. The van der Waals surface area contributed by atoms with E-state index in [1.807, 2.05) is 6.92 Å². The number of hydrogen-bond acceptors (Lipinski definition) is 5. The van der Waals surface area contributed by atoms with Gasteiger partial charge < -0.3 is 9.64 Å². The van der Waals surface area contributed by atoms with Gasteiger partial charge in [0.25, 0.3) is 5.78 Å². The van der Waals surface area contributed by atoms with Crippen molar-refractivity contribution in [1.29, 1.82) is 0 Å². The van der Waals surface area contributed by atoms with E-state index in [1.165, 1.54) is 6.33 Å². The lowest BCUT2D eigenvalue weighted by Crippen LogP contribution is -2.41. The zero-order valence-electron chi connectivity index (χ0n) is 12.4. The number of fused-ring (bicyclic) bond motifs is 1. The van der Waals surface area contributed by atoms with E-state index in [0.717, 1.165) is 50.3 Å². The largest absolute Gasteiger partial charge is 0.376 e. The molecule has 2 aromatic heterocycles. The molecule has 1 fully saturated rings. The van der Waals surface area contributed by atoms with Gasteiger partial charge in [0.1, 0.15) is 17.3 Å². The summed E-state index contributed by atoms with van der Waals surface area (Å²) in [5.41, 5.74) is 0.936. The number of anilines is 1. The van der Waals surface area contributed by atoms with E-state index in [-0.39, 0.29) is 6.10 Å². The van der Waals surface area contributed by atoms with Crippen LogP contribution in [-0.2, 0) is 4.74 Å². The van der Waals surface area contributed by atoms with Crippen molar-refractivity contribution in [2.45, 2.75) is 39.2 Å². The summed E-state index contributed by atoms with van der Waals surface area (Å²) in [5, 5.41) is 4.77. The van der Waals surface area contributed by atoms with Crippen molar-refractivity contribution in [3.63, 3.8) is 0 Å². The summed E-state index contributed by atoms with van der Waals surface area (Å²) >= 11 is 6.24. The Morgan fingerprint density at radius 3 is 3.14 bits per heavy atom. The van der Waals surface area contributed by atoms with Gasteiger partial charge in [0.05, 0.1) is 6.10 Å². The van der Waals surface area contributed by atoms with Crippen LogP contribution < -0.4 is 4.90 Å². The number of piperidine rings is 1. The van der Waals surface area contributed by atoms with Crippen LogP contribution in [0.4, 0.5) is 5.82 Å². The molecular weight excluding hydrogens is 290 g/mol. The van der Waals surface area contributed by atoms with Crippen LogP contribution in [0.15, 0.2) is 6.33 Å². The van der Waals surface area contributed by atoms with Crippen molar-refractivity contribution in [3.05, 3.63) is 17.0 Å². The van der Waals surface area contributed by atoms with Crippen molar-refractivity contribution in [2.75, 3.05) is 24.6 Å². The molecule has 6 nitrogen and oxygen atoms in total. The fraction of sp³-hybridized carbons (Fsp3) is 0.643. The van der Waals surface area contributed by atoms with E-state index in [4.69, 9.17) is 16.3 Å². The monoisotopic (exact) mass is 309 g/mol. The zero-order chi connectivity index (χ0) is 14.8. The highest BCUT2D eigenvalue weighted by molar-refractivity contribution is 6.30. The van der Waals surface area contributed by atoms with Crippen LogP contribution in [0.2, 0.25) is 5.15 Å². The predicted octanol–water partition coefficient (Wildman–Crippen LogP) is 2.48. The molecule has 1 atom stereocenters. The summed E-state index contributed by atoms with van der Waals surface area (Å²) < 4.78 is 7.68. The highest BCUT2D eigenvalue weighted by Crippen LogP contribution is 2.28. The standard InChI is InChI=1S/C14H20ClN5O/c1-3-7-21-11-5-4-6-19(8-11)13-10(2)12(15)18-14-16-9-17-20(13)14/h9,11H,3-8H2,1-2H3. The molecule has 0 radical (unpaired) electrons. The molecule has 0 aliphatic carbocycles. The number of halogens is 1. The second kappa shape index (κ2) is 6.15. The van der Waals surface area contributed by atoms with Gasteiger partial charge in [0.2, 0.25) is 0 Å². The smallest absolute Gasteiger partial charge is 0.255 e. The number of ether oxygens (including phenoxy) is 1. The van der Waals surface area contributed by atoms with Crippen LogP contribution in [-0.4, -0.2) is 45.4 Å². The Balaban J connectivity index is 1.92. The Labute approximate surface area is 129 Å². The Morgan fingerprint density at radius 2 is 2.33 bits per heavy atom. The Bertz CT molecular complexity index is 629. The molecular formula is C14H20ClN5O. The quantitative estimate of drug-likeness (QED) is 0.812.